The first-order valence-corrected chi connectivity index (χ1v) is 15.6. The van der Waals surface area contributed by atoms with Crippen molar-refractivity contribution in [3.63, 3.8) is 0 Å². The van der Waals surface area contributed by atoms with Gasteiger partial charge >= 0.3 is 6.03 Å². The second-order valence-corrected chi connectivity index (χ2v) is 12.0. The van der Waals surface area contributed by atoms with Crippen LogP contribution in [0.3, 0.4) is 0 Å². The third-order valence-corrected chi connectivity index (χ3v) is 8.84. The third kappa shape index (κ3) is 5.85. The van der Waals surface area contributed by atoms with Crippen LogP contribution in [0.4, 0.5) is 33.8 Å². The lowest BCUT2D eigenvalue weighted by Gasteiger charge is -2.35. The number of carbonyl (C=O) groups excluding carboxylic acids is 2. The van der Waals surface area contributed by atoms with Crippen LogP contribution in [0.25, 0.3) is 22.6 Å². The zero-order valence-electron chi connectivity index (χ0n) is 26.9. The Morgan fingerprint density at radius 1 is 0.894 bits per heavy atom. The molecule has 12 heteroatoms. The van der Waals surface area contributed by atoms with Crippen LogP contribution in [0.2, 0.25) is 0 Å². The van der Waals surface area contributed by atoms with Gasteiger partial charge in [0, 0.05) is 68.7 Å². The number of benzene rings is 2. The Bertz CT molecular complexity index is 1960. The summed E-state index contributed by atoms with van der Waals surface area (Å²) in [4.78, 5) is 54.7. The number of aromatic amines is 1. The highest BCUT2D eigenvalue weighted by Crippen LogP contribution is 2.34. The first-order valence-electron chi connectivity index (χ1n) is 15.6. The number of amides is 3. The molecule has 2 N–H and O–H groups in total. The molecule has 2 aromatic carbocycles. The van der Waals surface area contributed by atoms with Crippen molar-refractivity contribution in [1.82, 2.24) is 29.8 Å². The zero-order valence-corrected chi connectivity index (χ0v) is 26.9. The van der Waals surface area contributed by atoms with Gasteiger partial charge in [-0.25, -0.2) is 19.7 Å². The number of carbonyl (C=O) groups is 2. The Morgan fingerprint density at radius 3 is 2.45 bits per heavy atom. The summed E-state index contributed by atoms with van der Waals surface area (Å²) in [5.41, 5.74) is 7.45. The summed E-state index contributed by atoms with van der Waals surface area (Å²) in [6.07, 6.45) is 5.35. The minimum atomic E-state index is -0.182. The molecule has 5 heterocycles. The van der Waals surface area contributed by atoms with Gasteiger partial charge in [0.15, 0.2) is 0 Å². The van der Waals surface area contributed by atoms with E-state index >= 15 is 0 Å². The van der Waals surface area contributed by atoms with Crippen molar-refractivity contribution in [2.75, 3.05) is 53.2 Å². The van der Waals surface area contributed by atoms with Gasteiger partial charge in [-0.05, 0) is 43.2 Å². The Morgan fingerprint density at radius 2 is 1.70 bits per heavy atom. The van der Waals surface area contributed by atoms with Gasteiger partial charge in [-0.15, -0.1) is 0 Å². The fourth-order valence-corrected chi connectivity index (χ4v) is 6.11. The van der Waals surface area contributed by atoms with Crippen molar-refractivity contribution >= 4 is 40.9 Å². The summed E-state index contributed by atoms with van der Waals surface area (Å²) in [5.74, 6) is 2.62. The number of piperazine rings is 1. The van der Waals surface area contributed by atoms with Crippen molar-refractivity contribution in [1.29, 1.82) is 0 Å². The molecule has 12 nitrogen and oxygen atoms in total. The molecule has 3 aromatic heterocycles. The molecule has 0 saturated carbocycles. The summed E-state index contributed by atoms with van der Waals surface area (Å²) in [6.45, 7) is 8.88. The summed E-state index contributed by atoms with van der Waals surface area (Å²) in [6, 6.07) is 17.9. The quantitative estimate of drug-likeness (QED) is 0.251. The minimum Gasteiger partial charge on any atom is -0.353 e. The number of aryl methyl sites for hydroxylation is 2. The summed E-state index contributed by atoms with van der Waals surface area (Å²) < 4.78 is 0. The molecule has 2 aliphatic heterocycles. The van der Waals surface area contributed by atoms with E-state index < -0.39 is 0 Å². The molecule has 1 saturated heterocycles. The molecule has 0 aliphatic carbocycles. The molecule has 7 rings (SSSR count). The highest BCUT2D eigenvalue weighted by Gasteiger charge is 2.32. The van der Waals surface area contributed by atoms with Crippen molar-refractivity contribution in [3.05, 3.63) is 89.9 Å². The van der Waals surface area contributed by atoms with E-state index in [0.717, 1.165) is 64.1 Å². The summed E-state index contributed by atoms with van der Waals surface area (Å²) in [5, 5.41) is 3.22. The molecule has 3 amide bonds. The molecular weight excluding hydrogens is 592 g/mol. The SMILES string of the molecule is CC(=O)N1CCN(c2ccc(Nc3ncc4c(n3)N(C)C(=O)N(c3cc(-c5ncc(-c6ccccc6C)[nH]5)ccc3C)C4)cn2)CC1. The van der Waals surface area contributed by atoms with Crippen LogP contribution in [0.5, 0.6) is 0 Å². The molecule has 0 radical (unpaired) electrons. The number of pyridine rings is 1. The van der Waals surface area contributed by atoms with Gasteiger partial charge in [0.05, 0.1) is 30.3 Å². The molecule has 1 fully saturated rings. The number of nitrogens with one attached hydrogen (secondary N) is 2. The first kappa shape index (κ1) is 29.9. The van der Waals surface area contributed by atoms with Crippen LogP contribution in [-0.4, -0.2) is 75.0 Å². The first-order chi connectivity index (χ1) is 22.7. The van der Waals surface area contributed by atoms with Crippen LogP contribution < -0.4 is 20.0 Å². The van der Waals surface area contributed by atoms with Crippen LogP contribution in [0, 0.1) is 13.8 Å². The topological polar surface area (TPSA) is 126 Å². The minimum absolute atomic E-state index is 0.101. The number of anilines is 5. The molecule has 5 aromatic rings. The maximum absolute atomic E-state index is 13.7. The third-order valence-electron chi connectivity index (χ3n) is 8.84. The lowest BCUT2D eigenvalue weighted by molar-refractivity contribution is -0.129. The van der Waals surface area contributed by atoms with Crippen molar-refractivity contribution in [3.8, 4) is 22.6 Å². The van der Waals surface area contributed by atoms with Gasteiger partial charge in [0.1, 0.15) is 17.5 Å². The molecule has 0 bridgehead atoms. The number of hydrogen-bond acceptors (Lipinski definition) is 8. The van der Waals surface area contributed by atoms with E-state index in [9.17, 15) is 9.59 Å². The molecular formula is C35H36N10O2. The average Bonchev–Trinajstić information content (AvgIpc) is 3.58. The van der Waals surface area contributed by atoms with Crippen molar-refractivity contribution < 1.29 is 9.59 Å². The lowest BCUT2D eigenvalue weighted by Crippen LogP contribution is -2.48. The summed E-state index contributed by atoms with van der Waals surface area (Å²) >= 11 is 0. The van der Waals surface area contributed by atoms with E-state index in [-0.39, 0.29) is 11.9 Å². The Hall–Kier alpha value is -5.78. The number of nitrogens with zero attached hydrogens (tertiary/aromatic N) is 8. The van der Waals surface area contributed by atoms with E-state index in [4.69, 9.17) is 4.98 Å². The zero-order chi connectivity index (χ0) is 32.7. The van der Waals surface area contributed by atoms with Gasteiger partial charge in [0.25, 0.3) is 0 Å². The normalized spacial score (nSPS) is 14.8. The number of fused-ring (bicyclic) bond motifs is 1. The van der Waals surface area contributed by atoms with E-state index in [1.807, 2.05) is 60.5 Å². The number of aromatic nitrogens is 5. The molecule has 0 atom stereocenters. The van der Waals surface area contributed by atoms with Gasteiger partial charge < -0.3 is 20.1 Å². The Kier molecular flexibility index (Phi) is 7.76. The van der Waals surface area contributed by atoms with Gasteiger partial charge in [-0.1, -0.05) is 36.4 Å². The standard InChI is InChI=1S/C35H36N10O2/c1-22-7-5-6-8-28(22)29-20-37-32(40-29)25-10-9-23(2)30(17-25)45-21-26-18-38-34(41-33(26)42(4)35(45)47)39-27-11-12-31(36-19-27)44-15-13-43(14-16-44)24(3)46/h5-12,17-20H,13-16,21H2,1-4H3,(H,37,40)(H,38,39,41). The largest absolute Gasteiger partial charge is 0.353 e. The van der Waals surface area contributed by atoms with Crippen LogP contribution >= 0.6 is 0 Å². The lowest BCUT2D eigenvalue weighted by atomic mass is 10.1. The molecule has 2 aliphatic rings. The molecule has 238 valence electrons. The van der Waals surface area contributed by atoms with Gasteiger partial charge in [-0.2, -0.15) is 4.98 Å². The highest BCUT2D eigenvalue weighted by molar-refractivity contribution is 6.05. The van der Waals surface area contributed by atoms with Gasteiger partial charge in [0.2, 0.25) is 11.9 Å². The Labute approximate surface area is 273 Å². The molecule has 47 heavy (non-hydrogen) atoms. The van der Waals surface area contributed by atoms with E-state index in [2.05, 4.69) is 49.2 Å². The van der Waals surface area contributed by atoms with Gasteiger partial charge in [-0.3, -0.25) is 14.6 Å². The second kappa shape index (κ2) is 12.2. The van der Waals surface area contributed by atoms with E-state index in [1.165, 1.54) is 5.56 Å². The molecule has 0 unspecified atom stereocenters. The smallest absolute Gasteiger partial charge is 0.330 e. The fraction of sp³-hybridized carbons (Fsp3) is 0.257. The predicted octanol–water partition coefficient (Wildman–Crippen LogP) is 5.53. The monoisotopic (exact) mass is 628 g/mol. The van der Waals surface area contributed by atoms with Crippen LogP contribution in [0.1, 0.15) is 23.6 Å². The number of hydrogen-bond donors (Lipinski definition) is 2. The van der Waals surface area contributed by atoms with E-state index in [0.29, 0.717) is 31.4 Å². The Balaban J connectivity index is 1.07. The molecule has 0 spiro atoms. The van der Waals surface area contributed by atoms with Crippen LogP contribution in [0.15, 0.2) is 73.2 Å². The highest BCUT2D eigenvalue weighted by atomic mass is 16.2. The number of urea groups is 1. The van der Waals surface area contributed by atoms with Crippen molar-refractivity contribution in [2.24, 2.45) is 0 Å². The number of H-pyrrole nitrogens is 1. The maximum Gasteiger partial charge on any atom is 0.330 e. The maximum atomic E-state index is 13.7. The van der Waals surface area contributed by atoms with Crippen molar-refractivity contribution in [2.45, 2.75) is 27.3 Å². The predicted molar refractivity (Wildman–Crippen MR) is 183 cm³/mol. The average molecular weight is 629 g/mol. The number of rotatable bonds is 6. The second-order valence-electron chi connectivity index (χ2n) is 12.0. The summed E-state index contributed by atoms with van der Waals surface area (Å²) in [7, 11) is 1.73. The number of imidazole rings is 1. The van der Waals surface area contributed by atoms with Crippen LogP contribution in [-0.2, 0) is 11.3 Å². The van der Waals surface area contributed by atoms with E-state index in [1.54, 1.807) is 36.2 Å². The fourth-order valence-electron chi connectivity index (χ4n) is 6.11.